The van der Waals surface area contributed by atoms with Crippen LogP contribution < -0.4 is 16.3 Å². The molecule has 1 atom stereocenters. The first-order chi connectivity index (χ1) is 16.7. The van der Waals surface area contributed by atoms with E-state index in [4.69, 9.17) is 11.6 Å². The number of imidazole rings is 1. The van der Waals surface area contributed by atoms with E-state index in [1.54, 1.807) is 0 Å². The first-order valence-corrected chi connectivity index (χ1v) is 10.3. The van der Waals surface area contributed by atoms with Crippen LogP contribution in [0, 0.1) is 5.82 Å². The van der Waals surface area contributed by atoms with Gasteiger partial charge < -0.3 is 10.3 Å². The van der Waals surface area contributed by atoms with E-state index in [1.807, 2.05) is 0 Å². The highest BCUT2D eigenvalue weighted by Gasteiger charge is 2.45. The molecular formula is C21H13ClF4N8O. The van der Waals surface area contributed by atoms with Gasteiger partial charge in [0.2, 0.25) is 0 Å². The van der Waals surface area contributed by atoms with Crippen molar-refractivity contribution in [3.8, 4) is 0 Å². The van der Waals surface area contributed by atoms with Crippen LogP contribution in [0.2, 0.25) is 5.02 Å². The van der Waals surface area contributed by atoms with Crippen molar-refractivity contribution in [2.24, 2.45) is 0 Å². The minimum absolute atomic E-state index is 0.00712. The number of aromatic amines is 1. The Labute approximate surface area is 197 Å². The second-order valence-corrected chi connectivity index (χ2v) is 7.71. The van der Waals surface area contributed by atoms with E-state index in [1.165, 1.54) is 36.7 Å². The Morgan fingerprint density at radius 2 is 1.83 bits per heavy atom. The molecule has 3 heterocycles. The monoisotopic (exact) mass is 504 g/mol. The number of rotatable bonds is 5. The van der Waals surface area contributed by atoms with Crippen molar-refractivity contribution < 1.29 is 17.6 Å². The Bertz CT molecular complexity index is 1600. The lowest BCUT2D eigenvalue weighted by atomic mass is 10.2. The number of fused-ring (bicyclic) bond motifs is 2. The van der Waals surface area contributed by atoms with Crippen molar-refractivity contribution in [2.75, 3.05) is 10.7 Å². The maximum absolute atomic E-state index is 14.4. The van der Waals surface area contributed by atoms with Crippen molar-refractivity contribution in [1.29, 1.82) is 0 Å². The summed E-state index contributed by atoms with van der Waals surface area (Å²) in [5.41, 5.74) is 2.07. The van der Waals surface area contributed by atoms with Gasteiger partial charge in [-0.3, -0.25) is 10.2 Å². The molecule has 0 saturated heterocycles. The average molecular weight is 505 g/mol. The number of hydrogen-bond donors (Lipinski definition) is 3. The molecule has 35 heavy (non-hydrogen) atoms. The number of hydrogen-bond acceptors (Lipinski definition) is 7. The molecule has 3 N–H and O–H groups in total. The zero-order valence-electron chi connectivity index (χ0n) is 17.3. The van der Waals surface area contributed by atoms with Crippen LogP contribution in [0.3, 0.4) is 0 Å². The third-order valence-electron chi connectivity index (χ3n) is 5.05. The van der Waals surface area contributed by atoms with E-state index in [0.717, 1.165) is 18.5 Å². The van der Waals surface area contributed by atoms with Crippen LogP contribution in [0.25, 0.3) is 22.1 Å². The summed E-state index contributed by atoms with van der Waals surface area (Å²) in [5, 5.41) is 2.22. The van der Waals surface area contributed by atoms with Gasteiger partial charge in [-0.15, -0.1) is 0 Å². The van der Waals surface area contributed by atoms with Gasteiger partial charge in [-0.1, -0.05) is 17.7 Å². The molecule has 178 valence electrons. The van der Waals surface area contributed by atoms with Crippen LogP contribution in [0.1, 0.15) is 11.9 Å². The Kier molecular flexibility index (Phi) is 5.47. The summed E-state index contributed by atoms with van der Waals surface area (Å²) in [6, 6.07) is 6.45. The van der Waals surface area contributed by atoms with Gasteiger partial charge in [0.05, 0.1) is 27.9 Å². The van der Waals surface area contributed by atoms with Crippen LogP contribution in [0.5, 0.6) is 0 Å². The number of anilines is 2. The number of alkyl halides is 3. The Balaban J connectivity index is 1.73. The minimum Gasteiger partial charge on any atom is -0.351 e. The topological polar surface area (TPSA) is 113 Å². The molecule has 5 aromatic rings. The summed E-state index contributed by atoms with van der Waals surface area (Å²) < 4.78 is 57.2. The summed E-state index contributed by atoms with van der Waals surface area (Å²) in [4.78, 5) is 31.9. The molecule has 0 amide bonds. The second kappa shape index (κ2) is 8.51. The van der Waals surface area contributed by atoms with Crippen LogP contribution >= 0.6 is 11.6 Å². The molecule has 9 nitrogen and oxygen atoms in total. The number of aromatic nitrogens is 6. The van der Waals surface area contributed by atoms with Gasteiger partial charge in [-0.2, -0.15) is 13.2 Å². The maximum atomic E-state index is 14.4. The van der Waals surface area contributed by atoms with Crippen molar-refractivity contribution in [1.82, 2.24) is 29.6 Å². The average Bonchev–Trinajstić information content (AvgIpc) is 3.29. The number of nitrogens with zero attached hydrogens (tertiary/aromatic N) is 5. The lowest BCUT2D eigenvalue weighted by Gasteiger charge is -2.25. The Hall–Kier alpha value is -4.26. The fourth-order valence-electron chi connectivity index (χ4n) is 3.47. The number of H-pyrrole nitrogens is 1. The summed E-state index contributed by atoms with van der Waals surface area (Å²) in [7, 11) is 0. The third kappa shape index (κ3) is 4.21. The SMILES string of the molecule is O=c1c2c(Cl)cccc2nc(C(Nc2ncnc3nc[nH]c23)C(F)(F)F)n1Nc1ccc(F)cc1. The predicted molar refractivity (Wildman–Crippen MR) is 121 cm³/mol. The van der Waals surface area contributed by atoms with Crippen LogP contribution in [0.15, 0.2) is 59.9 Å². The highest BCUT2D eigenvalue weighted by atomic mass is 35.5. The van der Waals surface area contributed by atoms with E-state index in [0.29, 0.717) is 4.68 Å². The first kappa shape index (κ1) is 22.5. The molecule has 1 unspecified atom stereocenters. The number of benzene rings is 2. The van der Waals surface area contributed by atoms with E-state index in [-0.39, 0.29) is 38.6 Å². The summed E-state index contributed by atoms with van der Waals surface area (Å²) in [6.45, 7) is 0. The fourth-order valence-corrected chi connectivity index (χ4v) is 3.72. The number of halogens is 5. The number of nitrogens with one attached hydrogen (secondary N) is 3. The van der Waals surface area contributed by atoms with Gasteiger partial charge >= 0.3 is 6.18 Å². The van der Waals surface area contributed by atoms with Crippen molar-refractivity contribution in [3.63, 3.8) is 0 Å². The predicted octanol–water partition coefficient (Wildman–Crippen LogP) is 4.45. The van der Waals surface area contributed by atoms with E-state index >= 15 is 0 Å². The molecule has 0 saturated carbocycles. The maximum Gasteiger partial charge on any atom is 0.415 e. The van der Waals surface area contributed by atoms with E-state index in [9.17, 15) is 22.4 Å². The highest BCUT2D eigenvalue weighted by molar-refractivity contribution is 6.35. The quantitative estimate of drug-likeness (QED) is 0.303. The van der Waals surface area contributed by atoms with Crippen LogP contribution in [-0.2, 0) is 0 Å². The van der Waals surface area contributed by atoms with Gasteiger partial charge in [0.15, 0.2) is 23.3 Å². The van der Waals surface area contributed by atoms with Crippen LogP contribution in [-0.4, -0.2) is 35.8 Å². The molecule has 5 rings (SSSR count). The highest BCUT2D eigenvalue weighted by Crippen LogP contribution is 2.36. The fraction of sp³-hybridized carbons (Fsp3) is 0.0952. The lowest BCUT2D eigenvalue weighted by Crippen LogP contribution is -2.39. The molecule has 14 heteroatoms. The summed E-state index contributed by atoms with van der Waals surface area (Å²) >= 11 is 6.17. The van der Waals surface area contributed by atoms with Crippen molar-refractivity contribution in [2.45, 2.75) is 12.2 Å². The molecule has 0 radical (unpaired) electrons. The zero-order valence-corrected chi connectivity index (χ0v) is 18.1. The van der Waals surface area contributed by atoms with Gasteiger partial charge in [0.25, 0.3) is 5.56 Å². The smallest absolute Gasteiger partial charge is 0.351 e. The van der Waals surface area contributed by atoms with Gasteiger partial charge in [-0.25, -0.2) is 29.0 Å². The van der Waals surface area contributed by atoms with Gasteiger partial charge in [0, 0.05) is 0 Å². The molecule has 0 spiro atoms. The summed E-state index contributed by atoms with van der Waals surface area (Å²) in [6.07, 6.45) is -2.62. The molecule has 3 aromatic heterocycles. The summed E-state index contributed by atoms with van der Waals surface area (Å²) in [5.74, 6) is -1.50. The molecule has 0 aliphatic heterocycles. The molecule has 2 aromatic carbocycles. The van der Waals surface area contributed by atoms with Crippen molar-refractivity contribution >= 4 is 45.2 Å². The molecule has 0 aliphatic rings. The standard InChI is InChI=1S/C21H13ClF4N8O/c22-12-2-1-3-13-14(12)20(35)34(33-11-6-4-10(23)5-7-11)19(31-13)16(21(24,25)26)32-18-15-17(28-8-27-15)29-9-30-18/h1-9,16,33H,(H2,27,28,29,30,32). The molecule has 0 bridgehead atoms. The van der Waals surface area contributed by atoms with Crippen molar-refractivity contribution in [3.05, 3.63) is 82.1 Å². The Morgan fingerprint density at radius 1 is 1.06 bits per heavy atom. The van der Waals surface area contributed by atoms with E-state index in [2.05, 4.69) is 35.7 Å². The second-order valence-electron chi connectivity index (χ2n) is 7.31. The van der Waals surface area contributed by atoms with Gasteiger partial charge in [-0.05, 0) is 36.4 Å². The first-order valence-electron chi connectivity index (χ1n) is 9.93. The third-order valence-corrected chi connectivity index (χ3v) is 5.36. The largest absolute Gasteiger partial charge is 0.415 e. The Morgan fingerprint density at radius 3 is 2.57 bits per heavy atom. The minimum atomic E-state index is -4.94. The molecule has 0 aliphatic carbocycles. The van der Waals surface area contributed by atoms with E-state index < -0.39 is 29.4 Å². The molecular weight excluding hydrogens is 492 g/mol. The van der Waals surface area contributed by atoms with Gasteiger partial charge in [0.1, 0.15) is 17.7 Å². The van der Waals surface area contributed by atoms with Crippen LogP contribution in [0.4, 0.5) is 29.1 Å². The normalized spacial score (nSPS) is 12.7. The zero-order chi connectivity index (χ0) is 24.7. The molecule has 0 fully saturated rings. The lowest BCUT2D eigenvalue weighted by molar-refractivity contribution is -0.146.